The van der Waals surface area contributed by atoms with Crippen LogP contribution < -0.4 is 15.2 Å². The van der Waals surface area contributed by atoms with Crippen molar-refractivity contribution in [1.29, 1.82) is 0 Å². The molecule has 2 fully saturated rings. The Morgan fingerprint density at radius 3 is 2.41 bits per heavy atom. The van der Waals surface area contributed by atoms with Crippen LogP contribution in [0.5, 0.6) is 11.5 Å². The summed E-state index contributed by atoms with van der Waals surface area (Å²) in [5, 5.41) is 0. The minimum absolute atomic E-state index is 0.203. The Bertz CT molecular complexity index is 401. The Morgan fingerprint density at radius 1 is 1.12 bits per heavy atom. The van der Waals surface area contributed by atoms with Crippen LogP contribution in [0, 0.1) is 0 Å². The SMILES string of the molecule is Nc1cccc(OCC2CO2)c1OCC1CO1. The zero-order valence-corrected chi connectivity index (χ0v) is 9.43. The first-order chi connectivity index (χ1) is 8.33. The summed E-state index contributed by atoms with van der Waals surface area (Å²) >= 11 is 0. The molecule has 2 saturated heterocycles. The van der Waals surface area contributed by atoms with E-state index in [2.05, 4.69) is 0 Å². The van der Waals surface area contributed by atoms with E-state index in [0.717, 1.165) is 13.2 Å². The van der Waals surface area contributed by atoms with Crippen LogP contribution in [-0.4, -0.2) is 38.6 Å². The third-order valence-electron chi connectivity index (χ3n) is 2.65. The third-order valence-corrected chi connectivity index (χ3v) is 2.65. The molecule has 0 saturated carbocycles. The number of hydrogen-bond acceptors (Lipinski definition) is 5. The van der Waals surface area contributed by atoms with Gasteiger partial charge in [-0.05, 0) is 12.1 Å². The second-order valence-electron chi connectivity index (χ2n) is 4.21. The van der Waals surface area contributed by atoms with E-state index >= 15 is 0 Å². The minimum Gasteiger partial charge on any atom is -0.487 e. The molecule has 2 N–H and O–H groups in total. The van der Waals surface area contributed by atoms with Crippen molar-refractivity contribution in [2.45, 2.75) is 12.2 Å². The lowest BCUT2D eigenvalue weighted by molar-refractivity contribution is 0.229. The number of nitrogen functional groups attached to an aromatic ring is 1. The van der Waals surface area contributed by atoms with Crippen LogP contribution >= 0.6 is 0 Å². The summed E-state index contributed by atoms with van der Waals surface area (Å²) in [6.07, 6.45) is 0.422. The molecule has 1 aromatic carbocycles. The molecule has 2 unspecified atom stereocenters. The average Bonchev–Trinajstić information content (AvgIpc) is 3.18. The van der Waals surface area contributed by atoms with Crippen molar-refractivity contribution in [3.8, 4) is 11.5 Å². The molecule has 5 nitrogen and oxygen atoms in total. The minimum atomic E-state index is 0.203. The summed E-state index contributed by atoms with van der Waals surface area (Å²) < 4.78 is 21.4. The first-order valence-electron chi connectivity index (χ1n) is 5.70. The second-order valence-corrected chi connectivity index (χ2v) is 4.21. The molecule has 0 radical (unpaired) electrons. The quantitative estimate of drug-likeness (QED) is 0.586. The summed E-state index contributed by atoms with van der Waals surface area (Å²) in [5.41, 5.74) is 6.46. The smallest absolute Gasteiger partial charge is 0.184 e. The van der Waals surface area contributed by atoms with E-state index in [9.17, 15) is 0 Å². The van der Waals surface area contributed by atoms with Gasteiger partial charge in [-0.25, -0.2) is 0 Å². The zero-order chi connectivity index (χ0) is 11.7. The highest BCUT2D eigenvalue weighted by atomic mass is 16.6. The Morgan fingerprint density at radius 2 is 1.76 bits per heavy atom. The first kappa shape index (κ1) is 10.7. The maximum atomic E-state index is 5.87. The second kappa shape index (κ2) is 4.43. The van der Waals surface area contributed by atoms with Crippen LogP contribution in [-0.2, 0) is 9.47 Å². The largest absolute Gasteiger partial charge is 0.487 e. The molecule has 0 amide bonds. The van der Waals surface area contributed by atoms with Crippen molar-refractivity contribution >= 4 is 5.69 Å². The van der Waals surface area contributed by atoms with Crippen molar-refractivity contribution in [1.82, 2.24) is 0 Å². The summed E-state index contributed by atoms with van der Waals surface area (Å²) in [7, 11) is 0. The van der Waals surface area contributed by atoms with E-state index in [-0.39, 0.29) is 12.2 Å². The molecule has 17 heavy (non-hydrogen) atoms. The summed E-state index contributed by atoms with van der Waals surface area (Å²) in [6, 6.07) is 5.49. The lowest BCUT2D eigenvalue weighted by Gasteiger charge is -2.13. The van der Waals surface area contributed by atoms with Gasteiger partial charge in [-0.2, -0.15) is 0 Å². The zero-order valence-electron chi connectivity index (χ0n) is 9.43. The molecule has 92 valence electrons. The van der Waals surface area contributed by atoms with E-state index in [4.69, 9.17) is 24.7 Å². The number of para-hydroxylation sites is 1. The van der Waals surface area contributed by atoms with Gasteiger partial charge in [0.1, 0.15) is 25.4 Å². The highest BCUT2D eigenvalue weighted by molar-refractivity contribution is 5.60. The molecule has 3 rings (SSSR count). The standard InChI is InChI=1S/C12H15NO4/c13-10-2-1-3-11(16-6-8-4-14-8)12(10)17-7-9-5-15-9/h1-3,8-9H,4-7,13H2. The molecular weight excluding hydrogens is 222 g/mol. The molecule has 0 spiro atoms. The molecule has 5 heteroatoms. The fourth-order valence-electron chi connectivity index (χ4n) is 1.49. The van der Waals surface area contributed by atoms with Gasteiger partial charge in [0.2, 0.25) is 0 Å². The molecule has 1 aromatic rings. The van der Waals surface area contributed by atoms with Gasteiger partial charge in [0.25, 0.3) is 0 Å². The van der Waals surface area contributed by atoms with Crippen molar-refractivity contribution in [3.05, 3.63) is 18.2 Å². The van der Waals surface area contributed by atoms with Gasteiger partial charge in [0.05, 0.1) is 18.9 Å². The number of benzene rings is 1. The van der Waals surface area contributed by atoms with Gasteiger partial charge >= 0.3 is 0 Å². The molecule has 2 atom stereocenters. The van der Waals surface area contributed by atoms with Crippen LogP contribution in [0.4, 0.5) is 5.69 Å². The highest BCUT2D eigenvalue weighted by Crippen LogP contribution is 2.34. The predicted octanol–water partition coefficient (Wildman–Crippen LogP) is 0.824. The van der Waals surface area contributed by atoms with Crippen molar-refractivity contribution < 1.29 is 18.9 Å². The van der Waals surface area contributed by atoms with Gasteiger partial charge < -0.3 is 24.7 Å². The number of anilines is 1. The molecule has 2 aliphatic heterocycles. The van der Waals surface area contributed by atoms with Crippen LogP contribution in [0.1, 0.15) is 0 Å². The fourth-order valence-corrected chi connectivity index (χ4v) is 1.49. The Hall–Kier alpha value is -1.46. The topological polar surface area (TPSA) is 69.5 Å². The van der Waals surface area contributed by atoms with Crippen molar-refractivity contribution in [3.63, 3.8) is 0 Å². The van der Waals surface area contributed by atoms with E-state index in [1.807, 2.05) is 12.1 Å². The molecule has 0 aromatic heterocycles. The summed E-state index contributed by atoms with van der Waals surface area (Å²) in [5.74, 6) is 1.27. The number of rotatable bonds is 6. The lowest BCUT2D eigenvalue weighted by atomic mass is 10.2. The maximum Gasteiger partial charge on any atom is 0.184 e. The Balaban J connectivity index is 1.66. The number of ether oxygens (including phenoxy) is 4. The Labute approximate surface area is 99.4 Å². The summed E-state index contributed by atoms with van der Waals surface area (Å²) in [6.45, 7) is 2.59. The van der Waals surface area contributed by atoms with Gasteiger partial charge in [0, 0.05) is 0 Å². The monoisotopic (exact) mass is 237 g/mol. The van der Waals surface area contributed by atoms with E-state index < -0.39 is 0 Å². The van der Waals surface area contributed by atoms with E-state index in [1.54, 1.807) is 6.07 Å². The van der Waals surface area contributed by atoms with Crippen LogP contribution in [0.2, 0.25) is 0 Å². The highest BCUT2D eigenvalue weighted by Gasteiger charge is 2.26. The molecule has 0 bridgehead atoms. The predicted molar refractivity (Wildman–Crippen MR) is 61.3 cm³/mol. The van der Waals surface area contributed by atoms with Crippen LogP contribution in [0.25, 0.3) is 0 Å². The van der Waals surface area contributed by atoms with Gasteiger partial charge in [-0.1, -0.05) is 6.07 Å². The number of nitrogens with two attached hydrogens (primary N) is 1. The fraction of sp³-hybridized carbons (Fsp3) is 0.500. The molecule has 0 aliphatic carbocycles. The third kappa shape index (κ3) is 2.81. The maximum absolute atomic E-state index is 5.87. The molecule has 2 aliphatic rings. The van der Waals surface area contributed by atoms with Gasteiger partial charge in [-0.15, -0.1) is 0 Å². The molecular formula is C12H15NO4. The first-order valence-corrected chi connectivity index (χ1v) is 5.70. The van der Waals surface area contributed by atoms with Gasteiger partial charge in [-0.3, -0.25) is 0 Å². The Kier molecular flexibility index (Phi) is 2.78. The van der Waals surface area contributed by atoms with E-state index in [0.29, 0.717) is 30.4 Å². The van der Waals surface area contributed by atoms with Crippen molar-refractivity contribution in [2.75, 3.05) is 32.2 Å². The van der Waals surface area contributed by atoms with Crippen LogP contribution in [0.3, 0.4) is 0 Å². The number of epoxide rings is 2. The van der Waals surface area contributed by atoms with Crippen LogP contribution in [0.15, 0.2) is 18.2 Å². The normalized spacial score (nSPS) is 25.4. The van der Waals surface area contributed by atoms with Gasteiger partial charge in [0.15, 0.2) is 11.5 Å². The number of hydrogen-bond donors (Lipinski definition) is 1. The lowest BCUT2D eigenvalue weighted by Crippen LogP contribution is -2.10. The van der Waals surface area contributed by atoms with Crippen molar-refractivity contribution in [2.24, 2.45) is 0 Å². The summed E-state index contributed by atoms with van der Waals surface area (Å²) in [4.78, 5) is 0. The molecule has 2 heterocycles. The average molecular weight is 237 g/mol. The van der Waals surface area contributed by atoms with E-state index in [1.165, 1.54) is 0 Å².